The monoisotopic (exact) mass is 278 g/mol. The second-order valence-corrected chi connectivity index (χ2v) is 5.00. The second kappa shape index (κ2) is 7.14. The predicted octanol–water partition coefficient (Wildman–Crippen LogP) is 1.32. The van der Waals surface area contributed by atoms with Crippen LogP contribution in [0.4, 0.5) is 0 Å². The smallest absolute Gasteiger partial charge is 0.234 e. The summed E-state index contributed by atoms with van der Waals surface area (Å²) in [6.07, 6.45) is 2.57. The number of rotatable bonds is 8. The summed E-state index contributed by atoms with van der Waals surface area (Å²) >= 11 is 0. The molecular formula is C15H22N2O3. The Morgan fingerprint density at radius 1 is 1.30 bits per heavy atom. The topological polar surface area (TPSA) is 59.6 Å². The van der Waals surface area contributed by atoms with Crippen molar-refractivity contribution in [3.63, 3.8) is 0 Å². The van der Waals surface area contributed by atoms with Crippen LogP contribution in [0, 0.1) is 5.92 Å². The van der Waals surface area contributed by atoms with Crippen molar-refractivity contribution < 1.29 is 14.3 Å². The average Bonchev–Trinajstić information content (AvgIpc) is 3.28. The fraction of sp³-hybridized carbons (Fsp3) is 0.533. The lowest BCUT2D eigenvalue weighted by atomic mass is 10.2. The van der Waals surface area contributed by atoms with Crippen molar-refractivity contribution in [2.24, 2.45) is 5.92 Å². The van der Waals surface area contributed by atoms with E-state index in [1.807, 2.05) is 18.2 Å². The van der Waals surface area contributed by atoms with E-state index >= 15 is 0 Å². The van der Waals surface area contributed by atoms with E-state index < -0.39 is 0 Å². The number of benzene rings is 1. The van der Waals surface area contributed by atoms with Crippen LogP contribution in [0.2, 0.25) is 0 Å². The SMILES string of the molecule is COc1cccc(CNC(=O)CNCC2CC2)c1OC. The number of hydrogen-bond acceptors (Lipinski definition) is 4. The van der Waals surface area contributed by atoms with Gasteiger partial charge < -0.3 is 20.1 Å². The molecule has 5 nitrogen and oxygen atoms in total. The van der Waals surface area contributed by atoms with E-state index in [1.54, 1.807) is 14.2 Å². The Hall–Kier alpha value is -1.75. The Morgan fingerprint density at radius 2 is 2.10 bits per heavy atom. The van der Waals surface area contributed by atoms with Crippen molar-refractivity contribution in [1.82, 2.24) is 10.6 Å². The Bertz CT molecular complexity index is 458. The molecule has 0 radical (unpaired) electrons. The molecule has 0 aromatic heterocycles. The van der Waals surface area contributed by atoms with E-state index in [4.69, 9.17) is 9.47 Å². The molecule has 1 aliphatic carbocycles. The highest BCUT2D eigenvalue weighted by Gasteiger charge is 2.20. The molecule has 1 aliphatic rings. The van der Waals surface area contributed by atoms with Gasteiger partial charge in [-0.25, -0.2) is 0 Å². The zero-order valence-electron chi connectivity index (χ0n) is 12.1. The quantitative estimate of drug-likeness (QED) is 0.753. The van der Waals surface area contributed by atoms with Crippen molar-refractivity contribution in [1.29, 1.82) is 0 Å². The van der Waals surface area contributed by atoms with Gasteiger partial charge in [-0.2, -0.15) is 0 Å². The van der Waals surface area contributed by atoms with Crippen molar-refractivity contribution in [3.05, 3.63) is 23.8 Å². The van der Waals surface area contributed by atoms with Gasteiger partial charge in [-0.3, -0.25) is 4.79 Å². The number of carbonyl (C=O) groups excluding carboxylic acids is 1. The normalized spacial score (nSPS) is 13.9. The van der Waals surface area contributed by atoms with Gasteiger partial charge in [-0.05, 0) is 31.4 Å². The van der Waals surface area contributed by atoms with E-state index in [0.29, 0.717) is 24.6 Å². The third kappa shape index (κ3) is 4.13. The zero-order chi connectivity index (χ0) is 14.4. The Labute approximate surface area is 119 Å². The van der Waals surface area contributed by atoms with Gasteiger partial charge in [-0.1, -0.05) is 12.1 Å². The number of para-hydroxylation sites is 1. The maximum atomic E-state index is 11.7. The molecule has 0 atom stereocenters. The summed E-state index contributed by atoms with van der Waals surface area (Å²) in [7, 11) is 3.20. The summed E-state index contributed by atoms with van der Waals surface area (Å²) in [5.41, 5.74) is 0.905. The van der Waals surface area contributed by atoms with Crippen LogP contribution >= 0.6 is 0 Å². The van der Waals surface area contributed by atoms with Crippen LogP contribution in [0.1, 0.15) is 18.4 Å². The molecule has 0 heterocycles. The van der Waals surface area contributed by atoms with Crippen molar-refractivity contribution in [2.45, 2.75) is 19.4 Å². The molecule has 1 fully saturated rings. The molecule has 0 bridgehead atoms. The van der Waals surface area contributed by atoms with Crippen LogP contribution in [-0.4, -0.2) is 33.2 Å². The largest absolute Gasteiger partial charge is 0.493 e. The van der Waals surface area contributed by atoms with Crippen molar-refractivity contribution in [3.8, 4) is 11.5 Å². The van der Waals surface area contributed by atoms with Gasteiger partial charge in [0.1, 0.15) is 0 Å². The van der Waals surface area contributed by atoms with Crippen LogP contribution in [0.3, 0.4) is 0 Å². The van der Waals surface area contributed by atoms with Crippen LogP contribution in [-0.2, 0) is 11.3 Å². The van der Waals surface area contributed by atoms with E-state index in [0.717, 1.165) is 18.0 Å². The highest BCUT2D eigenvalue weighted by atomic mass is 16.5. The van der Waals surface area contributed by atoms with Crippen LogP contribution in [0.5, 0.6) is 11.5 Å². The third-order valence-electron chi connectivity index (χ3n) is 3.38. The number of hydrogen-bond donors (Lipinski definition) is 2. The first-order valence-electron chi connectivity index (χ1n) is 6.92. The molecule has 5 heteroatoms. The minimum absolute atomic E-state index is 0.00415. The first-order valence-corrected chi connectivity index (χ1v) is 6.92. The summed E-state index contributed by atoms with van der Waals surface area (Å²) in [6, 6.07) is 5.63. The summed E-state index contributed by atoms with van der Waals surface area (Å²) in [5, 5.41) is 6.05. The molecule has 1 aromatic carbocycles. The maximum absolute atomic E-state index is 11.7. The van der Waals surface area contributed by atoms with Gasteiger partial charge in [0.15, 0.2) is 11.5 Å². The predicted molar refractivity (Wildman–Crippen MR) is 77.0 cm³/mol. The summed E-state index contributed by atoms with van der Waals surface area (Å²) in [4.78, 5) is 11.7. The molecule has 1 aromatic rings. The Balaban J connectivity index is 1.81. The minimum atomic E-state index is -0.00415. The van der Waals surface area contributed by atoms with Crippen molar-refractivity contribution >= 4 is 5.91 Å². The second-order valence-electron chi connectivity index (χ2n) is 5.00. The molecule has 0 saturated heterocycles. The standard InChI is InChI=1S/C15H22N2O3/c1-19-13-5-3-4-12(15(13)20-2)9-17-14(18)10-16-8-11-6-7-11/h3-5,11,16H,6-10H2,1-2H3,(H,17,18). The lowest BCUT2D eigenvalue weighted by Crippen LogP contribution is -2.34. The van der Waals surface area contributed by atoms with E-state index in [2.05, 4.69) is 10.6 Å². The number of nitrogens with one attached hydrogen (secondary N) is 2. The maximum Gasteiger partial charge on any atom is 0.234 e. The van der Waals surface area contributed by atoms with E-state index in [1.165, 1.54) is 12.8 Å². The first-order chi connectivity index (χ1) is 9.74. The fourth-order valence-corrected chi connectivity index (χ4v) is 2.06. The van der Waals surface area contributed by atoms with Gasteiger partial charge in [0.2, 0.25) is 5.91 Å². The number of carbonyl (C=O) groups is 1. The number of methoxy groups -OCH3 is 2. The molecule has 0 unspecified atom stereocenters. The highest BCUT2D eigenvalue weighted by molar-refractivity contribution is 5.78. The Morgan fingerprint density at radius 3 is 2.75 bits per heavy atom. The lowest BCUT2D eigenvalue weighted by Gasteiger charge is -2.13. The average molecular weight is 278 g/mol. The van der Waals surface area contributed by atoms with Crippen LogP contribution in [0.25, 0.3) is 0 Å². The fourth-order valence-electron chi connectivity index (χ4n) is 2.06. The molecule has 20 heavy (non-hydrogen) atoms. The first kappa shape index (κ1) is 14.7. The number of amides is 1. The van der Waals surface area contributed by atoms with Crippen LogP contribution in [0.15, 0.2) is 18.2 Å². The molecule has 1 amide bonds. The van der Waals surface area contributed by atoms with Gasteiger partial charge in [-0.15, -0.1) is 0 Å². The van der Waals surface area contributed by atoms with Gasteiger partial charge in [0.05, 0.1) is 20.8 Å². The highest BCUT2D eigenvalue weighted by Crippen LogP contribution is 2.30. The molecule has 110 valence electrons. The van der Waals surface area contributed by atoms with E-state index in [-0.39, 0.29) is 5.91 Å². The summed E-state index contributed by atoms with van der Waals surface area (Å²) in [5.74, 6) is 2.11. The third-order valence-corrected chi connectivity index (χ3v) is 3.38. The van der Waals surface area contributed by atoms with Gasteiger partial charge in [0.25, 0.3) is 0 Å². The molecular weight excluding hydrogens is 256 g/mol. The summed E-state index contributed by atoms with van der Waals surface area (Å²) < 4.78 is 10.6. The van der Waals surface area contributed by atoms with Crippen molar-refractivity contribution in [2.75, 3.05) is 27.3 Å². The zero-order valence-corrected chi connectivity index (χ0v) is 12.1. The molecule has 2 N–H and O–H groups in total. The van der Waals surface area contributed by atoms with Gasteiger partial charge in [0, 0.05) is 12.1 Å². The molecule has 2 rings (SSSR count). The van der Waals surface area contributed by atoms with E-state index in [9.17, 15) is 4.79 Å². The Kier molecular flexibility index (Phi) is 5.24. The summed E-state index contributed by atoms with van der Waals surface area (Å²) in [6.45, 7) is 1.74. The number of ether oxygens (including phenoxy) is 2. The minimum Gasteiger partial charge on any atom is -0.493 e. The lowest BCUT2D eigenvalue weighted by molar-refractivity contribution is -0.120. The van der Waals surface area contributed by atoms with Gasteiger partial charge >= 0.3 is 0 Å². The molecule has 0 aliphatic heterocycles. The molecule has 0 spiro atoms. The molecule has 1 saturated carbocycles. The van der Waals surface area contributed by atoms with Crippen LogP contribution < -0.4 is 20.1 Å².